The molecule has 1 aliphatic carbocycles. The first kappa shape index (κ1) is 14.5. The number of aryl methyl sites for hydroxylation is 1. The van der Waals surface area contributed by atoms with E-state index >= 15 is 0 Å². The Labute approximate surface area is 135 Å². The molecule has 1 N–H and O–H groups in total. The number of sulfone groups is 1. The van der Waals surface area contributed by atoms with Crippen LogP contribution in [0, 0.1) is 6.92 Å². The predicted molar refractivity (Wildman–Crippen MR) is 91.4 cm³/mol. The third-order valence-corrected chi connectivity index (χ3v) is 5.74. The zero-order valence-electron chi connectivity index (χ0n) is 13.1. The average molecular weight is 326 g/mol. The van der Waals surface area contributed by atoms with Gasteiger partial charge in [0.15, 0.2) is 9.84 Å². The monoisotopic (exact) mass is 326 g/mol. The van der Waals surface area contributed by atoms with Crippen LogP contribution in [0.3, 0.4) is 0 Å². The number of hydrogen-bond donors (Lipinski definition) is 1. The van der Waals surface area contributed by atoms with Gasteiger partial charge in [-0.25, -0.2) is 8.42 Å². The predicted octanol–water partition coefficient (Wildman–Crippen LogP) is 3.82. The number of H-pyrrole nitrogens is 1. The highest BCUT2D eigenvalue weighted by atomic mass is 32.2. The van der Waals surface area contributed by atoms with E-state index in [0.29, 0.717) is 10.8 Å². The molecule has 1 aromatic carbocycles. The maximum absolute atomic E-state index is 11.8. The van der Waals surface area contributed by atoms with E-state index in [-0.39, 0.29) is 0 Å². The van der Waals surface area contributed by atoms with Gasteiger partial charge in [-0.05, 0) is 55.0 Å². The first-order valence-corrected chi connectivity index (χ1v) is 9.61. The molecule has 3 aromatic rings. The summed E-state index contributed by atoms with van der Waals surface area (Å²) in [6.45, 7) is 1.83. The number of pyridine rings is 1. The molecule has 0 aliphatic heterocycles. The summed E-state index contributed by atoms with van der Waals surface area (Å²) >= 11 is 0. The molecule has 1 aliphatic rings. The van der Waals surface area contributed by atoms with E-state index in [2.05, 4.69) is 16.2 Å². The largest absolute Gasteiger partial charge is 0.361 e. The van der Waals surface area contributed by atoms with Crippen LogP contribution in [-0.4, -0.2) is 24.6 Å². The third-order valence-electron chi connectivity index (χ3n) is 4.49. The fraction of sp³-hybridized carbons (Fsp3) is 0.278. The van der Waals surface area contributed by atoms with Gasteiger partial charge in [0.25, 0.3) is 0 Å². The highest BCUT2D eigenvalue weighted by Crippen LogP contribution is 2.45. The Hall–Kier alpha value is -2.14. The molecule has 1 saturated carbocycles. The molecule has 5 heteroatoms. The summed E-state index contributed by atoms with van der Waals surface area (Å²) in [6.07, 6.45) is 7.59. The van der Waals surface area contributed by atoms with Gasteiger partial charge >= 0.3 is 0 Å². The normalized spacial score (nSPS) is 15.2. The molecule has 0 atom stereocenters. The second kappa shape index (κ2) is 4.93. The van der Waals surface area contributed by atoms with Gasteiger partial charge in [0.1, 0.15) is 0 Å². The van der Waals surface area contributed by atoms with Crippen molar-refractivity contribution >= 4 is 20.7 Å². The molecular formula is C18H18N2O2S. The third kappa shape index (κ3) is 2.45. The molecular weight excluding hydrogens is 308 g/mol. The maximum atomic E-state index is 11.8. The van der Waals surface area contributed by atoms with E-state index in [1.807, 2.05) is 25.1 Å². The van der Waals surface area contributed by atoms with Gasteiger partial charge in [-0.15, -0.1) is 0 Å². The van der Waals surface area contributed by atoms with E-state index in [9.17, 15) is 8.42 Å². The Morgan fingerprint density at radius 1 is 1.22 bits per heavy atom. The minimum Gasteiger partial charge on any atom is -0.361 e. The molecule has 4 nitrogen and oxygen atoms in total. The summed E-state index contributed by atoms with van der Waals surface area (Å²) in [4.78, 5) is 8.30. The Balaban J connectivity index is 1.93. The number of benzene rings is 1. The highest BCUT2D eigenvalue weighted by molar-refractivity contribution is 7.90. The number of rotatable bonds is 3. The Morgan fingerprint density at radius 2 is 2.00 bits per heavy atom. The molecule has 2 aromatic heterocycles. The lowest BCUT2D eigenvalue weighted by molar-refractivity contribution is 0.601. The molecule has 0 unspecified atom stereocenters. The molecule has 0 radical (unpaired) electrons. The van der Waals surface area contributed by atoms with Gasteiger partial charge in [0, 0.05) is 35.1 Å². The van der Waals surface area contributed by atoms with E-state index < -0.39 is 9.84 Å². The minimum atomic E-state index is -3.20. The van der Waals surface area contributed by atoms with Gasteiger partial charge in [-0.2, -0.15) is 0 Å². The van der Waals surface area contributed by atoms with Gasteiger partial charge in [0.05, 0.1) is 10.6 Å². The molecule has 2 heterocycles. The number of aromatic nitrogens is 2. The van der Waals surface area contributed by atoms with Crippen molar-refractivity contribution in [3.8, 4) is 11.3 Å². The summed E-state index contributed by atoms with van der Waals surface area (Å²) in [5.74, 6) is 0.628. The molecule has 118 valence electrons. The Morgan fingerprint density at radius 3 is 2.65 bits per heavy atom. The molecule has 0 saturated heterocycles. The van der Waals surface area contributed by atoms with Crippen LogP contribution in [0.4, 0.5) is 0 Å². The minimum absolute atomic E-state index is 0.380. The Kier molecular flexibility index (Phi) is 3.10. The quantitative estimate of drug-likeness (QED) is 0.796. The number of fused-ring (bicyclic) bond motifs is 1. The fourth-order valence-corrected chi connectivity index (χ4v) is 4.21. The topological polar surface area (TPSA) is 62.8 Å². The first-order chi connectivity index (χ1) is 10.9. The second-order valence-corrected chi connectivity index (χ2v) is 8.34. The van der Waals surface area contributed by atoms with Gasteiger partial charge in [-0.3, -0.25) is 4.98 Å². The van der Waals surface area contributed by atoms with Crippen LogP contribution in [-0.2, 0) is 9.84 Å². The van der Waals surface area contributed by atoms with Crippen LogP contribution in [0.2, 0.25) is 0 Å². The van der Waals surface area contributed by atoms with Crippen LogP contribution in [0.15, 0.2) is 41.6 Å². The van der Waals surface area contributed by atoms with Crippen LogP contribution in [0.25, 0.3) is 22.2 Å². The lowest BCUT2D eigenvalue weighted by Gasteiger charge is -2.09. The molecule has 4 rings (SSSR count). The van der Waals surface area contributed by atoms with Gasteiger partial charge in [-0.1, -0.05) is 6.07 Å². The standard InChI is InChI=1S/C18H18N2O2S/c1-11-9-13(5-6-16(11)23(2,21)22)18-17-14(12-3-4-12)10-20-15(17)7-8-19-18/h5-10,12,20H,3-4H2,1-2H3. The zero-order chi connectivity index (χ0) is 16.2. The highest BCUT2D eigenvalue weighted by Gasteiger charge is 2.27. The Bertz CT molecular complexity index is 1010. The number of aromatic amines is 1. The smallest absolute Gasteiger partial charge is 0.175 e. The molecule has 0 spiro atoms. The van der Waals surface area contributed by atoms with Crippen molar-refractivity contribution in [2.45, 2.75) is 30.6 Å². The zero-order valence-corrected chi connectivity index (χ0v) is 13.9. The molecule has 23 heavy (non-hydrogen) atoms. The maximum Gasteiger partial charge on any atom is 0.175 e. The van der Waals surface area contributed by atoms with Gasteiger partial charge < -0.3 is 4.98 Å². The van der Waals surface area contributed by atoms with E-state index in [4.69, 9.17) is 0 Å². The fourth-order valence-electron chi connectivity index (χ4n) is 3.25. The molecule has 0 bridgehead atoms. The number of nitrogens with zero attached hydrogens (tertiary/aromatic N) is 1. The molecule has 1 fully saturated rings. The van der Waals surface area contributed by atoms with E-state index in [1.165, 1.54) is 30.0 Å². The first-order valence-electron chi connectivity index (χ1n) is 7.72. The van der Waals surface area contributed by atoms with E-state index in [0.717, 1.165) is 22.3 Å². The lowest BCUT2D eigenvalue weighted by Crippen LogP contribution is -2.00. The average Bonchev–Trinajstić information content (AvgIpc) is 3.24. The van der Waals surface area contributed by atoms with Crippen LogP contribution in [0.5, 0.6) is 0 Å². The van der Waals surface area contributed by atoms with Crippen molar-refractivity contribution in [1.82, 2.24) is 9.97 Å². The van der Waals surface area contributed by atoms with Crippen molar-refractivity contribution in [2.75, 3.05) is 6.26 Å². The summed E-state index contributed by atoms with van der Waals surface area (Å²) in [7, 11) is -3.20. The van der Waals surface area contributed by atoms with Crippen molar-refractivity contribution in [3.05, 3.63) is 47.8 Å². The van der Waals surface area contributed by atoms with Crippen LogP contribution in [0.1, 0.15) is 29.9 Å². The summed E-state index contributed by atoms with van der Waals surface area (Å²) in [6, 6.07) is 7.45. The SMILES string of the molecule is Cc1cc(-c2nccc3[nH]cc(C4CC4)c23)ccc1S(C)(=O)=O. The van der Waals surface area contributed by atoms with Gasteiger partial charge in [0.2, 0.25) is 0 Å². The van der Waals surface area contributed by atoms with Crippen molar-refractivity contribution in [2.24, 2.45) is 0 Å². The number of hydrogen-bond acceptors (Lipinski definition) is 3. The number of nitrogens with one attached hydrogen (secondary N) is 1. The van der Waals surface area contributed by atoms with Crippen molar-refractivity contribution < 1.29 is 8.42 Å². The summed E-state index contributed by atoms with van der Waals surface area (Å²) in [5.41, 5.74) is 5.05. The summed E-state index contributed by atoms with van der Waals surface area (Å²) < 4.78 is 23.6. The van der Waals surface area contributed by atoms with E-state index in [1.54, 1.807) is 12.3 Å². The second-order valence-electron chi connectivity index (χ2n) is 6.35. The van der Waals surface area contributed by atoms with Crippen LogP contribution < -0.4 is 0 Å². The lowest BCUT2D eigenvalue weighted by atomic mass is 10.0. The van der Waals surface area contributed by atoms with Crippen molar-refractivity contribution in [3.63, 3.8) is 0 Å². The van der Waals surface area contributed by atoms with Crippen molar-refractivity contribution in [1.29, 1.82) is 0 Å². The summed E-state index contributed by atoms with van der Waals surface area (Å²) in [5, 5.41) is 1.17. The van der Waals surface area contributed by atoms with Crippen LogP contribution >= 0.6 is 0 Å². The molecule has 0 amide bonds.